The van der Waals surface area contributed by atoms with Crippen LogP contribution in [0, 0.1) is 25.7 Å². The smallest absolute Gasteiger partial charge is 0.0411 e. The van der Waals surface area contributed by atoms with Crippen LogP contribution in [0.4, 0.5) is 0 Å². The molecule has 1 saturated carbocycles. The maximum Gasteiger partial charge on any atom is -0.0411 e. The molecule has 40 valence electrons. The van der Waals surface area contributed by atoms with Gasteiger partial charge < -0.3 is 0 Å². The third-order valence-electron chi connectivity index (χ3n) is 1.65. The van der Waals surface area contributed by atoms with E-state index in [1.165, 1.54) is 19.3 Å². The third-order valence-corrected chi connectivity index (χ3v) is 1.65. The van der Waals surface area contributed by atoms with Gasteiger partial charge in [-0.25, -0.2) is 0 Å². The lowest BCUT2D eigenvalue weighted by Gasteiger charge is -1.96. The molecule has 2 unspecified atom stereocenters. The van der Waals surface area contributed by atoms with Crippen LogP contribution in [0.1, 0.15) is 19.3 Å². The lowest BCUT2D eigenvalue weighted by atomic mass is 10.1. The van der Waals surface area contributed by atoms with E-state index in [1.807, 2.05) is 0 Å². The predicted octanol–water partition coefficient (Wildman–Crippen LogP) is 2.07. The summed E-state index contributed by atoms with van der Waals surface area (Å²) in [5.41, 5.74) is 0. The van der Waals surface area contributed by atoms with Crippen LogP contribution in [0.25, 0.3) is 0 Å². The van der Waals surface area contributed by atoms with Gasteiger partial charge in [-0.2, -0.15) is 0 Å². The Kier molecular flexibility index (Phi) is 1.36. The Labute approximate surface area is 45.9 Å². The third kappa shape index (κ3) is 1.19. The molecule has 0 N–H and O–H groups in total. The highest BCUT2D eigenvalue weighted by Crippen LogP contribution is 2.28. The second-order valence-electron chi connectivity index (χ2n) is 2.55. The molecule has 2 atom stereocenters. The molecule has 0 nitrogen and oxygen atoms in total. The summed E-state index contributed by atoms with van der Waals surface area (Å²) < 4.78 is 0. The highest BCUT2D eigenvalue weighted by molar-refractivity contribution is 4.77. The predicted molar refractivity (Wildman–Crippen MR) is 31.5 cm³/mol. The number of hydrogen-bond acceptors (Lipinski definition) is 0. The molecule has 0 aromatic rings. The molecule has 0 bridgehead atoms. The average molecular weight is 96.2 g/mol. The second-order valence-corrected chi connectivity index (χ2v) is 2.55. The van der Waals surface area contributed by atoms with Crippen LogP contribution in [0.3, 0.4) is 0 Å². The van der Waals surface area contributed by atoms with Crippen LogP contribution < -0.4 is 0 Å². The summed E-state index contributed by atoms with van der Waals surface area (Å²) in [5, 5.41) is 0. The van der Waals surface area contributed by atoms with Crippen molar-refractivity contribution in [1.82, 2.24) is 0 Å². The average Bonchev–Trinajstić information content (AvgIpc) is 1.87. The van der Waals surface area contributed by atoms with Crippen LogP contribution in [0.15, 0.2) is 0 Å². The van der Waals surface area contributed by atoms with Gasteiger partial charge in [0.2, 0.25) is 0 Å². The van der Waals surface area contributed by atoms with Crippen molar-refractivity contribution in [2.24, 2.45) is 11.8 Å². The summed E-state index contributed by atoms with van der Waals surface area (Å²) >= 11 is 0. The van der Waals surface area contributed by atoms with E-state index >= 15 is 0 Å². The molecule has 0 saturated heterocycles. The van der Waals surface area contributed by atoms with Crippen LogP contribution in [0.5, 0.6) is 0 Å². The van der Waals surface area contributed by atoms with Crippen LogP contribution >= 0.6 is 0 Å². The maximum atomic E-state index is 3.95. The fourth-order valence-corrected chi connectivity index (χ4v) is 1.18. The summed E-state index contributed by atoms with van der Waals surface area (Å²) in [7, 11) is 0. The Morgan fingerprint density at radius 3 is 1.57 bits per heavy atom. The van der Waals surface area contributed by atoms with Crippen molar-refractivity contribution >= 4 is 0 Å². The first-order valence-corrected chi connectivity index (χ1v) is 2.95. The van der Waals surface area contributed by atoms with Crippen molar-refractivity contribution < 1.29 is 0 Å². The second kappa shape index (κ2) is 1.85. The Morgan fingerprint density at radius 1 is 1.00 bits per heavy atom. The van der Waals surface area contributed by atoms with E-state index in [0.717, 1.165) is 0 Å². The molecular formula is C7H12. The fraction of sp³-hybridized carbons (Fsp3) is 0.714. The van der Waals surface area contributed by atoms with Gasteiger partial charge in [-0.1, -0.05) is 26.7 Å². The Balaban J connectivity index is 2.26. The van der Waals surface area contributed by atoms with Gasteiger partial charge in [-0.3, -0.25) is 0 Å². The fourth-order valence-electron chi connectivity index (χ4n) is 1.18. The zero-order valence-electron chi connectivity index (χ0n) is 4.69. The molecule has 1 rings (SSSR count). The maximum absolute atomic E-state index is 3.95. The molecule has 0 aromatic heterocycles. The van der Waals surface area contributed by atoms with Crippen LogP contribution in [0.2, 0.25) is 0 Å². The monoisotopic (exact) mass is 96.1 g/mol. The zero-order chi connectivity index (χ0) is 5.28. The van der Waals surface area contributed by atoms with Crippen LogP contribution in [-0.2, 0) is 0 Å². The van der Waals surface area contributed by atoms with E-state index in [2.05, 4.69) is 13.8 Å². The summed E-state index contributed by atoms with van der Waals surface area (Å²) in [6.07, 6.45) is 3.85. The molecule has 0 aromatic carbocycles. The molecule has 0 heterocycles. The number of hydrogen-bond donors (Lipinski definition) is 0. The molecule has 0 amide bonds. The standard InChI is InChI=1S/C7H12/c1-6-3-4-7(2)5-6/h6-7H,1-5H2. The quantitative estimate of drug-likeness (QED) is 0.433. The van der Waals surface area contributed by atoms with Gasteiger partial charge in [0.15, 0.2) is 0 Å². The first-order chi connectivity index (χ1) is 3.29. The normalized spacial score (nSPS) is 42.0. The van der Waals surface area contributed by atoms with Crippen LogP contribution in [-0.4, -0.2) is 0 Å². The molecule has 7 heavy (non-hydrogen) atoms. The molecule has 0 aliphatic heterocycles. The Morgan fingerprint density at radius 2 is 1.43 bits per heavy atom. The van der Waals surface area contributed by atoms with Crippen molar-refractivity contribution in [3.8, 4) is 0 Å². The van der Waals surface area contributed by atoms with Gasteiger partial charge in [-0.15, -0.1) is 0 Å². The minimum absolute atomic E-state index is 0.711. The summed E-state index contributed by atoms with van der Waals surface area (Å²) in [5.74, 6) is 1.42. The Hall–Kier alpha value is 0. The van der Waals surface area contributed by atoms with Crippen molar-refractivity contribution in [3.63, 3.8) is 0 Å². The summed E-state index contributed by atoms with van der Waals surface area (Å²) in [6, 6.07) is 0. The van der Waals surface area contributed by atoms with E-state index in [4.69, 9.17) is 0 Å². The largest absolute Gasteiger partial charge is 0.0502 e. The van der Waals surface area contributed by atoms with Crippen molar-refractivity contribution in [2.45, 2.75) is 19.3 Å². The Bertz CT molecular complexity index is 49.1. The zero-order valence-corrected chi connectivity index (χ0v) is 4.69. The summed E-state index contributed by atoms with van der Waals surface area (Å²) in [4.78, 5) is 0. The van der Waals surface area contributed by atoms with E-state index < -0.39 is 0 Å². The molecule has 2 radical (unpaired) electrons. The van der Waals surface area contributed by atoms with Crippen molar-refractivity contribution in [1.29, 1.82) is 0 Å². The first-order valence-electron chi connectivity index (χ1n) is 2.95. The van der Waals surface area contributed by atoms with Gasteiger partial charge in [0.1, 0.15) is 0 Å². The first kappa shape index (κ1) is 5.14. The topological polar surface area (TPSA) is 0 Å². The lowest BCUT2D eigenvalue weighted by molar-refractivity contribution is 0.633. The molecule has 0 heteroatoms. The lowest BCUT2D eigenvalue weighted by Crippen LogP contribution is -1.85. The van der Waals surface area contributed by atoms with Gasteiger partial charge in [0, 0.05) is 0 Å². The highest BCUT2D eigenvalue weighted by Gasteiger charge is 2.16. The van der Waals surface area contributed by atoms with E-state index in [-0.39, 0.29) is 0 Å². The molecule has 1 fully saturated rings. The van der Waals surface area contributed by atoms with Gasteiger partial charge in [0.05, 0.1) is 0 Å². The SMILES string of the molecule is [CH2]C1CCC([CH2])C1. The van der Waals surface area contributed by atoms with E-state index in [9.17, 15) is 0 Å². The van der Waals surface area contributed by atoms with E-state index in [1.54, 1.807) is 0 Å². The van der Waals surface area contributed by atoms with E-state index in [0.29, 0.717) is 11.8 Å². The molecule has 0 spiro atoms. The highest BCUT2D eigenvalue weighted by atomic mass is 14.2. The molecular weight excluding hydrogens is 84.1 g/mol. The minimum atomic E-state index is 0.711. The molecule has 1 aliphatic carbocycles. The molecule has 1 aliphatic rings. The van der Waals surface area contributed by atoms with Crippen molar-refractivity contribution in [3.05, 3.63) is 13.8 Å². The minimum Gasteiger partial charge on any atom is -0.0502 e. The summed E-state index contributed by atoms with van der Waals surface area (Å²) in [6.45, 7) is 7.90. The van der Waals surface area contributed by atoms with Gasteiger partial charge >= 0.3 is 0 Å². The van der Waals surface area contributed by atoms with Gasteiger partial charge in [0.25, 0.3) is 0 Å². The van der Waals surface area contributed by atoms with Crippen molar-refractivity contribution in [2.75, 3.05) is 0 Å². The van der Waals surface area contributed by atoms with Gasteiger partial charge in [-0.05, 0) is 18.3 Å². The number of rotatable bonds is 0.